The zero-order valence-corrected chi connectivity index (χ0v) is 21.7. The van der Waals surface area contributed by atoms with E-state index >= 15 is 0 Å². The Morgan fingerprint density at radius 1 is 0.833 bits per heavy atom. The minimum Gasteiger partial charge on any atom is -0.310 e. The van der Waals surface area contributed by atoms with Gasteiger partial charge in [0.25, 0.3) is 20.0 Å². The van der Waals surface area contributed by atoms with Gasteiger partial charge in [0.05, 0.1) is 15.5 Å². The van der Waals surface area contributed by atoms with Crippen molar-refractivity contribution in [3.05, 3.63) is 72.6 Å². The SMILES string of the molecule is C[C@@H](CC1CCCC1)NCc1ccccc1NS(=O)(=O)c1ccc(S(=O)(=O)Nc2ncccn2)cc1. The lowest BCUT2D eigenvalue weighted by Crippen LogP contribution is -2.28. The molecule has 9 nitrogen and oxygen atoms in total. The van der Waals surface area contributed by atoms with E-state index in [9.17, 15) is 16.8 Å². The second-order valence-electron chi connectivity index (χ2n) is 9.08. The summed E-state index contributed by atoms with van der Waals surface area (Å²) >= 11 is 0. The van der Waals surface area contributed by atoms with Gasteiger partial charge in [-0.3, -0.25) is 4.72 Å². The Balaban J connectivity index is 1.42. The zero-order valence-electron chi connectivity index (χ0n) is 20.1. The Hall–Kier alpha value is -3.02. The molecule has 1 saturated carbocycles. The van der Waals surface area contributed by atoms with Crippen LogP contribution in [0.15, 0.2) is 76.8 Å². The van der Waals surface area contributed by atoms with E-state index in [1.165, 1.54) is 62.3 Å². The first-order valence-electron chi connectivity index (χ1n) is 12.0. The fourth-order valence-corrected chi connectivity index (χ4v) is 6.48. The minimum atomic E-state index is -3.96. The van der Waals surface area contributed by atoms with Gasteiger partial charge in [0.2, 0.25) is 5.95 Å². The van der Waals surface area contributed by atoms with Gasteiger partial charge in [0.15, 0.2) is 0 Å². The Morgan fingerprint density at radius 2 is 1.42 bits per heavy atom. The van der Waals surface area contributed by atoms with Crippen LogP contribution in [-0.2, 0) is 26.6 Å². The normalized spacial score (nSPS) is 15.5. The highest BCUT2D eigenvalue weighted by Gasteiger charge is 2.21. The molecule has 0 radical (unpaired) electrons. The van der Waals surface area contributed by atoms with Crippen LogP contribution in [0.4, 0.5) is 11.6 Å². The average Bonchev–Trinajstić information content (AvgIpc) is 3.37. The van der Waals surface area contributed by atoms with Gasteiger partial charge in [-0.2, -0.15) is 0 Å². The average molecular weight is 530 g/mol. The lowest BCUT2D eigenvalue weighted by Gasteiger charge is -2.19. The third kappa shape index (κ3) is 6.80. The summed E-state index contributed by atoms with van der Waals surface area (Å²) in [5.74, 6) is 0.696. The lowest BCUT2D eigenvalue weighted by molar-refractivity contribution is 0.404. The smallest absolute Gasteiger partial charge is 0.264 e. The standard InChI is InChI=1S/C25H31N5O4S2/c1-19(17-20-7-2-3-8-20)28-18-21-9-4-5-10-24(21)29-35(31,32)22-11-13-23(14-12-22)36(33,34)30-25-26-15-6-16-27-25/h4-6,9-16,19-20,28-29H,2-3,7-8,17-18H2,1H3,(H,26,27,30)/t19-/m0/s1. The van der Waals surface area contributed by atoms with Crippen LogP contribution >= 0.6 is 0 Å². The van der Waals surface area contributed by atoms with Gasteiger partial charge < -0.3 is 5.32 Å². The van der Waals surface area contributed by atoms with E-state index in [4.69, 9.17) is 0 Å². The number of hydrogen-bond acceptors (Lipinski definition) is 7. The van der Waals surface area contributed by atoms with Crippen LogP contribution in [0.25, 0.3) is 0 Å². The van der Waals surface area contributed by atoms with Gasteiger partial charge >= 0.3 is 0 Å². The number of aromatic nitrogens is 2. The molecule has 0 aliphatic heterocycles. The number of anilines is 2. The second-order valence-corrected chi connectivity index (χ2v) is 12.4. The molecule has 0 spiro atoms. The van der Waals surface area contributed by atoms with Crippen molar-refractivity contribution in [1.82, 2.24) is 15.3 Å². The largest absolute Gasteiger partial charge is 0.310 e. The van der Waals surface area contributed by atoms with Crippen LogP contribution in [0.5, 0.6) is 0 Å². The van der Waals surface area contributed by atoms with Crippen LogP contribution in [0.2, 0.25) is 0 Å². The fourth-order valence-electron chi connectivity index (χ4n) is 4.42. The number of hydrogen-bond donors (Lipinski definition) is 3. The molecule has 1 fully saturated rings. The van der Waals surface area contributed by atoms with Crippen molar-refractivity contribution in [3.63, 3.8) is 0 Å². The number of nitrogens with one attached hydrogen (secondary N) is 3. The highest BCUT2D eigenvalue weighted by molar-refractivity contribution is 7.93. The van der Waals surface area contributed by atoms with E-state index in [0.717, 1.165) is 17.9 Å². The molecule has 0 unspecified atom stereocenters. The summed E-state index contributed by atoms with van der Waals surface area (Å²) in [6.07, 6.45) is 9.15. The van der Waals surface area contributed by atoms with Crippen molar-refractivity contribution in [2.75, 3.05) is 9.44 Å². The number of benzene rings is 2. The minimum absolute atomic E-state index is 0.0465. The van der Waals surface area contributed by atoms with Gasteiger partial charge in [-0.15, -0.1) is 0 Å². The molecule has 11 heteroatoms. The molecule has 0 saturated heterocycles. The molecular weight excluding hydrogens is 498 g/mol. The van der Waals surface area contributed by atoms with Crippen molar-refractivity contribution in [3.8, 4) is 0 Å². The molecule has 1 aromatic heterocycles. The first kappa shape index (κ1) is 26.1. The van der Waals surface area contributed by atoms with Crippen LogP contribution in [0.1, 0.15) is 44.6 Å². The van der Waals surface area contributed by atoms with Crippen molar-refractivity contribution < 1.29 is 16.8 Å². The van der Waals surface area contributed by atoms with Gasteiger partial charge in [-0.25, -0.2) is 31.5 Å². The zero-order chi connectivity index (χ0) is 25.6. The third-order valence-corrected chi connectivity index (χ3v) is 9.03. The molecule has 0 amide bonds. The molecule has 0 bridgehead atoms. The number of sulfonamides is 2. The molecule has 192 valence electrons. The van der Waals surface area contributed by atoms with E-state index in [-0.39, 0.29) is 15.7 Å². The van der Waals surface area contributed by atoms with E-state index < -0.39 is 20.0 Å². The van der Waals surface area contributed by atoms with Crippen molar-refractivity contribution in [2.24, 2.45) is 5.92 Å². The van der Waals surface area contributed by atoms with Gasteiger partial charge in [-0.1, -0.05) is 43.9 Å². The van der Waals surface area contributed by atoms with Gasteiger partial charge in [-0.05, 0) is 61.2 Å². The lowest BCUT2D eigenvalue weighted by atomic mass is 9.99. The maximum atomic E-state index is 13.1. The third-order valence-electron chi connectivity index (χ3n) is 6.30. The predicted octanol–water partition coefficient (Wildman–Crippen LogP) is 4.14. The maximum absolute atomic E-state index is 13.1. The van der Waals surface area contributed by atoms with Crippen molar-refractivity contribution in [1.29, 1.82) is 0 Å². The summed E-state index contributed by atoms with van der Waals surface area (Å²) in [7, 11) is -7.90. The molecule has 1 heterocycles. The first-order chi connectivity index (χ1) is 17.2. The van der Waals surface area contributed by atoms with Crippen molar-refractivity contribution >= 4 is 31.7 Å². The first-order valence-corrected chi connectivity index (χ1v) is 14.9. The molecule has 1 aliphatic rings. The van der Waals surface area contributed by atoms with E-state index in [2.05, 4.69) is 31.7 Å². The molecule has 3 aromatic rings. The summed E-state index contributed by atoms with van der Waals surface area (Å²) in [6, 6.07) is 14.1. The highest BCUT2D eigenvalue weighted by atomic mass is 32.2. The van der Waals surface area contributed by atoms with Crippen LogP contribution < -0.4 is 14.8 Å². The van der Waals surface area contributed by atoms with E-state index in [0.29, 0.717) is 18.3 Å². The van der Waals surface area contributed by atoms with E-state index in [1.54, 1.807) is 18.2 Å². The molecule has 36 heavy (non-hydrogen) atoms. The van der Waals surface area contributed by atoms with Crippen LogP contribution in [0, 0.1) is 5.92 Å². The van der Waals surface area contributed by atoms with Crippen LogP contribution in [0.3, 0.4) is 0 Å². The van der Waals surface area contributed by atoms with Gasteiger partial charge in [0.1, 0.15) is 0 Å². The van der Waals surface area contributed by atoms with E-state index in [1.807, 2.05) is 12.1 Å². The predicted molar refractivity (Wildman–Crippen MR) is 139 cm³/mol. The maximum Gasteiger partial charge on any atom is 0.264 e. The van der Waals surface area contributed by atoms with Gasteiger partial charge in [0, 0.05) is 25.0 Å². The molecule has 4 rings (SSSR count). The van der Waals surface area contributed by atoms with Crippen LogP contribution in [-0.4, -0.2) is 32.8 Å². The quantitative estimate of drug-likeness (QED) is 0.340. The molecule has 2 aromatic carbocycles. The molecule has 1 atom stereocenters. The fraction of sp³-hybridized carbons (Fsp3) is 0.360. The summed E-state index contributed by atoms with van der Waals surface area (Å²) < 4.78 is 56.2. The number of para-hydroxylation sites is 1. The summed E-state index contributed by atoms with van der Waals surface area (Å²) in [4.78, 5) is 7.53. The summed E-state index contributed by atoms with van der Waals surface area (Å²) in [5.41, 5.74) is 1.32. The number of nitrogens with zero attached hydrogens (tertiary/aromatic N) is 2. The monoisotopic (exact) mass is 529 g/mol. The second kappa shape index (κ2) is 11.4. The number of rotatable bonds is 11. The highest BCUT2D eigenvalue weighted by Crippen LogP contribution is 2.29. The molecular formula is C25H31N5O4S2. The Bertz CT molecular complexity index is 1360. The molecule has 3 N–H and O–H groups in total. The summed E-state index contributed by atoms with van der Waals surface area (Å²) in [6.45, 7) is 2.70. The molecule has 1 aliphatic carbocycles. The Morgan fingerprint density at radius 3 is 2.06 bits per heavy atom. The Kier molecular flexibility index (Phi) is 8.22. The topological polar surface area (TPSA) is 130 Å². The summed E-state index contributed by atoms with van der Waals surface area (Å²) in [5, 5.41) is 3.52. The Labute approximate surface area is 212 Å². The van der Waals surface area contributed by atoms with Crippen molar-refractivity contribution in [2.45, 2.75) is 61.4 Å².